The molecular weight excluding hydrogens is 272 g/mol. The van der Waals surface area contributed by atoms with Crippen molar-refractivity contribution in [3.63, 3.8) is 0 Å². The van der Waals surface area contributed by atoms with Crippen molar-refractivity contribution >= 4 is 17.6 Å². The number of carbonyl (C=O) groups excluding carboxylic acids is 2. The van der Waals surface area contributed by atoms with Gasteiger partial charge in [0, 0.05) is 6.92 Å². The third-order valence-corrected chi connectivity index (χ3v) is 2.60. The van der Waals surface area contributed by atoms with Crippen molar-refractivity contribution < 1.29 is 18.7 Å². The Bertz CT molecular complexity index is 657. The molecule has 0 atom stereocenters. The van der Waals surface area contributed by atoms with Gasteiger partial charge in [-0.2, -0.15) is 5.10 Å². The molecule has 0 bridgehead atoms. The van der Waals surface area contributed by atoms with Crippen LogP contribution in [-0.4, -0.2) is 17.6 Å². The predicted octanol–water partition coefficient (Wildman–Crippen LogP) is 2.36. The van der Waals surface area contributed by atoms with Gasteiger partial charge in [-0.1, -0.05) is 0 Å². The molecule has 0 fully saturated rings. The van der Waals surface area contributed by atoms with Crippen LogP contribution in [0.15, 0.2) is 52.2 Å². The lowest BCUT2D eigenvalue weighted by Gasteiger charge is -2.04. The summed E-state index contributed by atoms with van der Waals surface area (Å²) in [7, 11) is 0. The summed E-state index contributed by atoms with van der Waals surface area (Å²) in [6.07, 6.45) is 1.42. The first-order chi connectivity index (χ1) is 10.1. The maximum atomic E-state index is 11.6. The molecule has 0 aliphatic carbocycles. The Kier molecular flexibility index (Phi) is 4.50. The topological polar surface area (TPSA) is 80.9 Å². The molecule has 6 nitrogen and oxygen atoms in total. The van der Waals surface area contributed by atoms with E-state index in [0.29, 0.717) is 11.5 Å². The minimum Gasteiger partial charge on any atom is -0.459 e. The van der Waals surface area contributed by atoms with Gasteiger partial charge in [-0.15, -0.1) is 0 Å². The molecule has 0 unspecified atom stereocenters. The van der Waals surface area contributed by atoms with E-state index in [1.165, 1.54) is 13.2 Å². The Morgan fingerprint density at radius 1 is 1.14 bits per heavy atom. The molecule has 2 rings (SSSR count). The van der Waals surface area contributed by atoms with E-state index in [1.807, 2.05) is 0 Å². The van der Waals surface area contributed by atoms with Crippen LogP contribution in [0.3, 0.4) is 0 Å². The molecule has 108 valence electrons. The summed E-state index contributed by atoms with van der Waals surface area (Å²) in [5.41, 5.74) is 3.81. The van der Waals surface area contributed by atoms with Crippen molar-refractivity contribution in [3.05, 3.63) is 54.0 Å². The Hall–Kier alpha value is -2.89. The minimum absolute atomic E-state index is 0.191. The molecule has 0 saturated carbocycles. The zero-order valence-corrected chi connectivity index (χ0v) is 11.6. The average Bonchev–Trinajstić information content (AvgIpc) is 2.99. The summed E-state index contributed by atoms with van der Waals surface area (Å²) < 4.78 is 9.89. The number of esters is 1. The SMILES string of the molecule is CC(=O)Oc1ccc(/C(C)=N/NC(=O)c2ccco2)cc1. The van der Waals surface area contributed by atoms with E-state index in [9.17, 15) is 9.59 Å². The van der Waals surface area contributed by atoms with Crippen molar-refractivity contribution in [2.45, 2.75) is 13.8 Å². The van der Waals surface area contributed by atoms with Crippen molar-refractivity contribution in [1.29, 1.82) is 0 Å². The first-order valence-corrected chi connectivity index (χ1v) is 6.23. The second-order valence-corrected chi connectivity index (χ2v) is 4.23. The summed E-state index contributed by atoms with van der Waals surface area (Å²) in [5, 5.41) is 3.99. The number of nitrogens with zero attached hydrogens (tertiary/aromatic N) is 1. The van der Waals surface area contributed by atoms with Crippen LogP contribution in [-0.2, 0) is 4.79 Å². The fourth-order valence-corrected chi connectivity index (χ4v) is 1.59. The predicted molar refractivity (Wildman–Crippen MR) is 76.1 cm³/mol. The number of carbonyl (C=O) groups is 2. The normalized spacial score (nSPS) is 11.0. The molecule has 0 radical (unpaired) electrons. The monoisotopic (exact) mass is 286 g/mol. The number of hydrogen-bond donors (Lipinski definition) is 1. The minimum atomic E-state index is -0.420. The number of rotatable bonds is 4. The number of ether oxygens (including phenoxy) is 1. The lowest BCUT2D eigenvalue weighted by molar-refractivity contribution is -0.131. The average molecular weight is 286 g/mol. The molecule has 0 spiro atoms. The van der Waals surface area contributed by atoms with Gasteiger partial charge in [-0.25, -0.2) is 5.43 Å². The van der Waals surface area contributed by atoms with Gasteiger partial charge in [0.25, 0.3) is 0 Å². The highest BCUT2D eigenvalue weighted by molar-refractivity contribution is 6.00. The van der Waals surface area contributed by atoms with Crippen molar-refractivity contribution in [3.8, 4) is 5.75 Å². The van der Waals surface area contributed by atoms with E-state index in [-0.39, 0.29) is 11.7 Å². The molecule has 0 aliphatic heterocycles. The number of hydrazone groups is 1. The highest BCUT2D eigenvalue weighted by Crippen LogP contribution is 2.13. The van der Waals surface area contributed by atoms with E-state index in [0.717, 1.165) is 5.56 Å². The van der Waals surface area contributed by atoms with Crippen LogP contribution in [0.5, 0.6) is 5.75 Å². The fraction of sp³-hybridized carbons (Fsp3) is 0.133. The Morgan fingerprint density at radius 2 is 1.86 bits per heavy atom. The van der Waals surface area contributed by atoms with Crippen LogP contribution < -0.4 is 10.2 Å². The zero-order chi connectivity index (χ0) is 15.2. The lowest BCUT2D eigenvalue weighted by atomic mass is 10.1. The lowest BCUT2D eigenvalue weighted by Crippen LogP contribution is -2.18. The zero-order valence-electron chi connectivity index (χ0n) is 11.6. The van der Waals surface area contributed by atoms with Crippen molar-refractivity contribution in [1.82, 2.24) is 5.43 Å². The second kappa shape index (κ2) is 6.51. The van der Waals surface area contributed by atoms with Gasteiger partial charge >= 0.3 is 11.9 Å². The summed E-state index contributed by atoms with van der Waals surface area (Å²) >= 11 is 0. The van der Waals surface area contributed by atoms with Gasteiger partial charge in [0.05, 0.1) is 12.0 Å². The molecule has 1 aromatic carbocycles. The molecule has 0 saturated heterocycles. The van der Waals surface area contributed by atoms with E-state index in [4.69, 9.17) is 9.15 Å². The van der Waals surface area contributed by atoms with Crippen LogP contribution in [0, 0.1) is 0 Å². The van der Waals surface area contributed by atoms with Gasteiger partial charge < -0.3 is 9.15 Å². The number of furan rings is 1. The van der Waals surface area contributed by atoms with E-state index in [1.54, 1.807) is 43.3 Å². The molecule has 1 N–H and O–H groups in total. The highest BCUT2D eigenvalue weighted by Gasteiger charge is 2.07. The summed E-state index contributed by atoms with van der Waals surface area (Å²) in [6, 6.07) is 9.98. The fourth-order valence-electron chi connectivity index (χ4n) is 1.59. The van der Waals surface area contributed by atoms with Crippen LogP contribution in [0.1, 0.15) is 30.0 Å². The van der Waals surface area contributed by atoms with Gasteiger partial charge in [-0.05, 0) is 48.9 Å². The second-order valence-electron chi connectivity index (χ2n) is 4.23. The van der Waals surface area contributed by atoms with Gasteiger partial charge in [0.15, 0.2) is 5.76 Å². The molecule has 1 aromatic heterocycles. The molecule has 1 heterocycles. The maximum absolute atomic E-state index is 11.6. The van der Waals surface area contributed by atoms with Crippen LogP contribution in [0.2, 0.25) is 0 Å². The van der Waals surface area contributed by atoms with Crippen LogP contribution >= 0.6 is 0 Å². The van der Waals surface area contributed by atoms with Crippen LogP contribution in [0.4, 0.5) is 0 Å². The van der Waals surface area contributed by atoms with Gasteiger partial charge in [-0.3, -0.25) is 9.59 Å². The van der Waals surface area contributed by atoms with E-state index < -0.39 is 5.91 Å². The molecule has 1 amide bonds. The van der Waals surface area contributed by atoms with Crippen LogP contribution in [0.25, 0.3) is 0 Å². The Labute approximate surface area is 121 Å². The molecule has 6 heteroatoms. The quantitative estimate of drug-likeness (QED) is 0.405. The molecule has 0 aliphatic rings. The number of hydrogen-bond acceptors (Lipinski definition) is 5. The van der Waals surface area contributed by atoms with Crippen molar-refractivity contribution in [2.75, 3.05) is 0 Å². The molecule has 2 aromatic rings. The third kappa shape index (κ3) is 4.04. The smallest absolute Gasteiger partial charge is 0.308 e. The van der Waals surface area contributed by atoms with E-state index in [2.05, 4.69) is 10.5 Å². The Morgan fingerprint density at radius 3 is 2.43 bits per heavy atom. The largest absolute Gasteiger partial charge is 0.459 e. The first-order valence-electron chi connectivity index (χ1n) is 6.23. The maximum Gasteiger partial charge on any atom is 0.308 e. The van der Waals surface area contributed by atoms with Gasteiger partial charge in [0.1, 0.15) is 5.75 Å². The molecule has 21 heavy (non-hydrogen) atoms. The first kappa shape index (κ1) is 14.5. The number of nitrogens with one attached hydrogen (secondary N) is 1. The number of amides is 1. The highest BCUT2D eigenvalue weighted by atomic mass is 16.5. The number of benzene rings is 1. The Balaban J connectivity index is 2.02. The standard InChI is InChI=1S/C15H14N2O4/c1-10(16-17-15(19)14-4-3-9-20-14)12-5-7-13(8-6-12)21-11(2)18/h3-9H,1-2H3,(H,17,19)/b16-10+. The summed E-state index contributed by atoms with van der Waals surface area (Å²) in [5.74, 6) is -0.148. The summed E-state index contributed by atoms with van der Waals surface area (Å²) in [6.45, 7) is 3.09. The summed E-state index contributed by atoms with van der Waals surface area (Å²) in [4.78, 5) is 22.5. The van der Waals surface area contributed by atoms with Gasteiger partial charge in [0.2, 0.25) is 0 Å². The third-order valence-electron chi connectivity index (χ3n) is 2.60. The molecular formula is C15H14N2O4. The van der Waals surface area contributed by atoms with E-state index >= 15 is 0 Å². The van der Waals surface area contributed by atoms with Crippen molar-refractivity contribution in [2.24, 2.45) is 5.10 Å².